The van der Waals surface area contributed by atoms with Crippen LogP contribution < -0.4 is 10.6 Å². The molecule has 0 fully saturated rings. The second-order valence-electron chi connectivity index (χ2n) is 3.00. The number of carboxylic acid groups (broad SMARTS) is 1. The van der Waals surface area contributed by atoms with Crippen LogP contribution in [0.1, 0.15) is 0 Å². The number of aliphatic carboxylic acids is 1. The molecule has 2 aliphatic rings. The normalized spacial score (nSPS) is 29.7. The first kappa shape index (κ1) is 7.91. The molecular formula is C9H10N2O2. The molecule has 0 saturated carbocycles. The molecule has 0 aromatic rings. The first-order valence-electron chi connectivity index (χ1n) is 4.08. The molecule has 1 aliphatic carbocycles. The fourth-order valence-electron chi connectivity index (χ4n) is 1.43. The molecule has 3 N–H and O–H groups in total. The first-order chi connectivity index (χ1) is 6.27. The smallest absolute Gasteiger partial charge is 0.353 e. The molecule has 4 heteroatoms. The van der Waals surface area contributed by atoms with E-state index >= 15 is 0 Å². The molecule has 0 aromatic carbocycles. The first-order valence-corrected chi connectivity index (χ1v) is 4.08. The van der Waals surface area contributed by atoms with E-state index in [-0.39, 0.29) is 17.8 Å². The van der Waals surface area contributed by atoms with Crippen molar-refractivity contribution in [3.8, 4) is 0 Å². The molecule has 0 aromatic heterocycles. The minimum absolute atomic E-state index is 0.0427. The standard InChI is InChI=1S/C9H10N2O2/c12-9(13)8-5-10-6-3-1-2-4-7(6)11-8/h1-7,10-11H,(H,12,13). The molecule has 0 bridgehead atoms. The molecular weight excluding hydrogens is 168 g/mol. The summed E-state index contributed by atoms with van der Waals surface area (Å²) in [6.45, 7) is 0. The molecule has 1 heterocycles. The Morgan fingerprint density at radius 1 is 1.31 bits per heavy atom. The van der Waals surface area contributed by atoms with Gasteiger partial charge in [0.15, 0.2) is 0 Å². The zero-order chi connectivity index (χ0) is 9.26. The van der Waals surface area contributed by atoms with E-state index in [0.29, 0.717) is 0 Å². The molecule has 4 nitrogen and oxygen atoms in total. The molecule has 2 unspecified atom stereocenters. The molecule has 0 radical (unpaired) electrons. The third kappa shape index (κ3) is 1.42. The number of nitrogens with one attached hydrogen (secondary N) is 2. The van der Waals surface area contributed by atoms with Gasteiger partial charge < -0.3 is 15.7 Å². The van der Waals surface area contributed by atoms with Gasteiger partial charge in [0.2, 0.25) is 0 Å². The summed E-state index contributed by atoms with van der Waals surface area (Å²) in [6, 6.07) is 0.203. The number of carboxylic acids is 1. The number of hydrogen-bond donors (Lipinski definition) is 3. The largest absolute Gasteiger partial charge is 0.477 e. The van der Waals surface area contributed by atoms with Crippen molar-refractivity contribution < 1.29 is 9.90 Å². The topological polar surface area (TPSA) is 61.4 Å². The maximum Gasteiger partial charge on any atom is 0.353 e. The zero-order valence-electron chi connectivity index (χ0n) is 6.90. The van der Waals surface area contributed by atoms with Crippen LogP contribution in [0.2, 0.25) is 0 Å². The van der Waals surface area contributed by atoms with E-state index in [1.54, 1.807) is 0 Å². The highest BCUT2D eigenvalue weighted by atomic mass is 16.4. The summed E-state index contributed by atoms with van der Waals surface area (Å²) in [5.74, 6) is -0.936. The second-order valence-corrected chi connectivity index (χ2v) is 3.00. The van der Waals surface area contributed by atoms with Crippen LogP contribution >= 0.6 is 0 Å². The van der Waals surface area contributed by atoms with Crippen LogP contribution in [0.3, 0.4) is 0 Å². The SMILES string of the molecule is O=C(O)C1=CNC2C=CC=CC2N1. The van der Waals surface area contributed by atoms with Gasteiger partial charge in [-0.25, -0.2) is 4.79 Å². The third-order valence-corrected chi connectivity index (χ3v) is 2.11. The Bertz CT molecular complexity index is 318. The van der Waals surface area contributed by atoms with E-state index in [2.05, 4.69) is 10.6 Å². The zero-order valence-corrected chi connectivity index (χ0v) is 6.90. The van der Waals surface area contributed by atoms with Gasteiger partial charge in [0.1, 0.15) is 5.70 Å². The van der Waals surface area contributed by atoms with Gasteiger partial charge in [-0.3, -0.25) is 0 Å². The van der Waals surface area contributed by atoms with Crippen LogP contribution in [-0.2, 0) is 4.79 Å². The quantitative estimate of drug-likeness (QED) is 0.527. The fraction of sp³-hybridized carbons (Fsp3) is 0.222. The van der Waals surface area contributed by atoms with E-state index in [0.717, 1.165) is 0 Å². The molecule has 0 amide bonds. The Hall–Kier alpha value is -1.71. The molecule has 68 valence electrons. The highest BCUT2D eigenvalue weighted by Gasteiger charge is 2.24. The minimum Gasteiger partial charge on any atom is -0.477 e. The number of allylic oxidation sites excluding steroid dienone is 2. The average Bonchev–Trinajstić information content (AvgIpc) is 2.17. The van der Waals surface area contributed by atoms with Crippen LogP contribution in [-0.4, -0.2) is 23.2 Å². The number of carbonyl (C=O) groups is 1. The maximum absolute atomic E-state index is 10.6. The highest BCUT2D eigenvalue weighted by molar-refractivity contribution is 5.86. The molecule has 0 saturated heterocycles. The van der Waals surface area contributed by atoms with Crippen LogP contribution in [0.25, 0.3) is 0 Å². The van der Waals surface area contributed by atoms with Crippen LogP contribution in [0.15, 0.2) is 36.2 Å². The predicted molar refractivity (Wildman–Crippen MR) is 47.8 cm³/mol. The number of hydrogen-bond acceptors (Lipinski definition) is 3. The lowest BCUT2D eigenvalue weighted by Gasteiger charge is -2.30. The Balaban J connectivity index is 2.17. The number of fused-ring (bicyclic) bond motifs is 1. The number of rotatable bonds is 1. The summed E-state index contributed by atoms with van der Waals surface area (Å²) < 4.78 is 0. The van der Waals surface area contributed by atoms with Crippen LogP contribution in [0.4, 0.5) is 0 Å². The molecule has 13 heavy (non-hydrogen) atoms. The van der Waals surface area contributed by atoms with Gasteiger partial charge in [-0.15, -0.1) is 0 Å². The van der Waals surface area contributed by atoms with Crippen molar-refractivity contribution in [3.63, 3.8) is 0 Å². The van der Waals surface area contributed by atoms with E-state index in [1.807, 2.05) is 24.3 Å². The predicted octanol–water partition coefficient (Wildman–Crippen LogP) is -0.0316. The van der Waals surface area contributed by atoms with Gasteiger partial charge in [0.25, 0.3) is 0 Å². The molecule has 0 spiro atoms. The average molecular weight is 178 g/mol. The Labute approximate surface area is 75.6 Å². The van der Waals surface area contributed by atoms with Crippen molar-refractivity contribution in [2.24, 2.45) is 0 Å². The Kier molecular flexibility index (Phi) is 1.81. The summed E-state index contributed by atoms with van der Waals surface area (Å²) >= 11 is 0. The molecule has 2 rings (SSSR count). The van der Waals surface area contributed by atoms with E-state index < -0.39 is 5.97 Å². The van der Waals surface area contributed by atoms with Gasteiger partial charge in [0, 0.05) is 6.20 Å². The van der Waals surface area contributed by atoms with Crippen molar-refractivity contribution in [3.05, 3.63) is 36.2 Å². The minimum atomic E-state index is -0.936. The second kappa shape index (κ2) is 2.97. The maximum atomic E-state index is 10.6. The van der Waals surface area contributed by atoms with E-state index in [9.17, 15) is 4.79 Å². The van der Waals surface area contributed by atoms with Crippen molar-refractivity contribution in [1.29, 1.82) is 0 Å². The monoisotopic (exact) mass is 178 g/mol. The highest BCUT2D eigenvalue weighted by Crippen LogP contribution is 2.10. The summed E-state index contributed by atoms with van der Waals surface area (Å²) in [5.41, 5.74) is 0.209. The summed E-state index contributed by atoms with van der Waals surface area (Å²) in [7, 11) is 0. The lowest BCUT2D eigenvalue weighted by molar-refractivity contribution is -0.133. The third-order valence-electron chi connectivity index (χ3n) is 2.11. The van der Waals surface area contributed by atoms with Gasteiger partial charge >= 0.3 is 5.97 Å². The van der Waals surface area contributed by atoms with Gasteiger partial charge in [-0.1, -0.05) is 24.3 Å². The van der Waals surface area contributed by atoms with E-state index in [1.165, 1.54) is 6.20 Å². The van der Waals surface area contributed by atoms with Crippen molar-refractivity contribution in [1.82, 2.24) is 10.6 Å². The van der Waals surface area contributed by atoms with Crippen molar-refractivity contribution in [2.75, 3.05) is 0 Å². The molecule has 2 atom stereocenters. The lowest BCUT2D eigenvalue weighted by Crippen LogP contribution is -2.50. The Morgan fingerprint density at radius 3 is 2.69 bits per heavy atom. The van der Waals surface area contributed by atoms with Crippen LogP contribution in [0.5, 0.6) is 0 Å². The summed E-state index contributed by atoms with van der Waals surface area (Å²) in [4.78, 5) is 10.6. The fourth-order valence-corrected chi connectivity index (χ4v) is 1.43. The Morgan fingerprint density at radius 2 is 2.00 bits per heavy atom. The van der Waals surface area contributed by atoms with Crippen molar-refractivity contribution >= 4 is 5.97 Å². The van der Waals surface area contributed by atoms with Gasteiger partial charge in [-0.2, -0.15) is 0 Å². The van der Waals surface area contributed by atoms with Gasteiger partial charge in [0.05, 0.1) is 12.1 Å². The summed E-state index contributed by atoms with van der Waals surface area (Å²) in [5, 5.41) is 14.6. The van der Waals surface area contributed by atoms with Gasteiger partial charge in [-0.05, 0) is 0 Å². The van der Waals surface area contributed by atoms with E-state index in [4.69, 9.17) is 5.11 Å². The van der Waals surface area contributed by atoms with Crippen LogP contribution in [0, 0.1) is 0 Å². The van der Waals surface area contributed by atoms with Crippen molar-refractivity contribution in [2.45, 2.75) is 12.1 Å². The lowest BCUT2D eigenvalue weighted by atomic mass is 10.0. The molecule has 1 aliphatic heterocycles. The summed E-state index contributed by atoms with van der Waals surface area (Å²) in [6.07, 6.45) is 9.27.